The molecule has 0 spiro atoms. The summed E-state index contributed by atoms with van der Waals surface area (Å²) in [6.45, 7) is 2.02. The number of esters is 1. The van der Waals surface area contributed by atoms with E-state index in [0.29, 0.717) is 6.61 Å². The van der Waals surface area contributed by atoms with E-state index in [2.05, 4.69) is 11.1 Å². The third-order valence-corrected chi connectivity index (χ3v) is 2.26. The van der Waals surface area contributed by atoms with Crippen molar-refractivity contribution in [3.8, 4) is 0 Å². The number of hydrogen-bond acceptors (Lipinski definition) is 5. The number of unbranched alkanes of at least 4 members (excludes halogenated alkanes) is 3. The van der Waals surface area contributed by atoms with Gasteiger partial charge in [0.25, 0.3) is 0 Å². The zero-order valence-corrected chi connectivity index (χ0v) is 10.2. The number of carbonyl (C=O) groups is 1. The number of hydrogen-bond donors (Lipinski definition) is 1. The van der Waals surface area contributed by atoms with Crippen LogP contribution in [0.1, 0.15) is 39.0 Å². The molecule has 7 heteroatoms. The van der Waals surface area contributed by atoms with Crippen molar-refractivity contribution >= 4 is 16.4 Å². The molecule has 0 aromatic heterocycles. The number of rotatable bonds is 9. The molecule has 0 saturated carbocycles. The van der Waals surface area contributed by atoms with Crippen LogP contribution in [0, 0.1) is 0 Å². The summed E-state index contributed by atoms with van der Waals surface area (Å²) in [5.74, 6) is -0.528. The zero-order chi connectivity index (χ0) is 12.4. The van der Waals surface area contributed by atoms with Crippen LogP contribution in [0.4, 0.5) is 0 Å². The predicted molar refractivity (Wildman–Crippen MR) is 57.2 cm³/mol. The summed E-state index contributed by atoms with van der Waals surface area (Å²) in [6.07, 6.45) is 3.83. The van der Waals surface area contributed by atoms with Gasteiger partial charge in [-0.2, -0.15) is 8.42 Å². The largest absolute Gasteiger partial charge is 0.466 e. The van der Waals surface area contributed by atoms with Gasteiger partial charge in [0, 0.05) is 0 Å². The second-order valence-corrected chi connectivity index (χ2v) is 4.37. The fraction of sp³-hybridized carbons (Fsp3) is 0.889. The highest BCUT2D eigenvalue weighted by molar-refractivity contribution is 7.80. The maximum absolute atomic E-state index is 11.0. The van der Waals surface area contributed by atoms with Crippen LogP contribution < -0.4 is 0 Å². The molecular formula is C9H18O6S. The third-order valence-electron chi connectivity index (χ3n) is 1.80. The molecule has 0 rings (SSSR count). The van der Waals surface area contributed by atoms with E-state index in [9.17, 15) is 13.2 Å². The van der Waals surface area contributed by atoms with Gasteiger partial charge in [0.05, 0.1) is 19.6 Å². The fourth-order valence-electron chi connectivity index (χ4n) is 1.02. The molecular weight excluding hydrogens is 236 g/mol. The normalized spacial score (nSPS) is 11.4. The average molecular weight is 254 g/mol. The monoisotopic (exact) mass is 254 g/mol. The lowest BCUT2D eigenvalue weighted by Crippen LogP contribution is -2.12. The van der Waals surface area contributed by atoms with Crippen LogP contribution >= 0.6 is 0 Å². The van der Waals surface area contributed by atoms with Crippen molar-refractivity contribution in [2.75, 3.05) is 13.2 Å². The van der Waals surface area contributed by atoms with Crippen molar-refractivity contribution < 1.29 is 26.7 Å². The molecule has 0 aliphatic heterocycles. The van der Waals surface area contributed by atoms with Crippen LogP contribution in [-0.2, 0) is 24.1 Å². The molecule has 0 amide bonds. The molecule has 0 unspecified atom stereocenters. The summed E-state index contributed by atoms with van der Waals surface area (Å²) < 4.78 is 37.2. The lowest BCUT2D eigenvalue weighted by molar-refractivity contribution is -0.144. The highest BCUT2D eigenvalue weighted by atomic mass is 32.3. The SMILES string of the molecule is CCCCCCOC(=O)CCOS(=O)(=O)O. The summed E-state index contributed by atoms with van der Waals surface area (Å²) in [7, 11) is -4.46. The maximum Gasteiger partial charge on any atom is 0.397 e. The molecule has 1 N–H and O–H groups in total. The van der Waals surface area contributed by atoms with E-state index in [1.54, 1.807) is 0 Å². The topological polar surface area (TPSA) is 89.9 Å². The smallest absolute Gasteiger partial charge is 0.397 e. The molecule has 0 aromatic rings. The van der Waals surface area contributed by atoms with Crippen LogP contribution in [0.25, 0.3) is 0 Å². The summed E-state index contributed by atoms with van der Waals surface area (Å²) in [4.78, 5) is 11.0. The summed E-state index contributed by atoms with van der Waals surface area (Å²) >= 11 is 0. The standard InChI is InChI=1S/C9H18O6S/c1-2-3-4-5-7-14-9(10)6-8-15-16(11,12)13/h2-8H2,1H3,(H,11,12,13). The molecule has 0 radical (unpaired) electrons. The first-order valence-electron chi connectivity index (χ1n) is 5.23. The van der Waals surface area contributed by atoms with Gasteiger partial charge in [-0.1, -0.05) is 26.2 Å². The van der Waals surface area contributed by atoms with E-state index in [1.807, 2.05) is 0 Å². The van der Waals surface area contributed by atoms with Gasteiger partial charge >= 0.3 is 16.4 Å². The molecule has 0 saturated heterocycles. The Bertz CT molecular complexity index is 284. The molecule has 0 heterocycles. The molecule has 96 valence electrons. The highest BCUT2D eigenvalue weighted by Gasteiger charge is 2.07. The molecule has 0 fully saturated rings. The molecule has 0 atom stereocenters. The van der Waals surface area contributed by atoms with Crippen LogP contribution in [-0.4, -0.2) is 32.2 Å². The lowest BCUT2D eigenvalue weighted by Gasteiger charge is -2.03. The minimum atomic E-state index is -4.46. The summed E-state index contributed by atoms with van der Waals surface area (Å²) in [5.41, 5.74) is 0. The molecule has 0 aliphatic carbocycles. The summed E-state index contributed by atoms with van der Waals surface area (Å²) in [5, 5.41) is 0. The molecule has 16 heavy (non-hydrogen) atoms. The van der Waals surface area contributed by atoms with Gasteiger partial charge in [0.1, 0.15) is 0 Å². The van der Waals surface area contributed by atoms with Gasteiger partial charge in [-0.15, -0.1) is 0 Å². The summed E-state index contributed by atoms with van der Waals surface area (Å²) in [6, 6.07) is 0. The molecule has 0 bridgehead atoms. The van der Waals surface area contributed by atoms with Gasteiger partial charge in [-0.3, -0.25) is 9.35 Å². The Balaban J connectivity index is 3.38. The van der Waals surface area contributed by atoms with Crippen LogP contribution in [0.15, 0.2) is 0 Å². The third kappa shape index (κ3) is 11.4. The average Bonchev–Trinajstić information content (AvgIpc) is 2.15. The second-order valence-electron chi connectivity index (χ2n) is 3.28. The number of ether oxygens (including phenoxy) is 1. The minimum absolute atomic E-state index is 0.187. The second kappa shape index (κ2) is 8.49. The van der Waals surface area contributed by atoms with E-state index in [-0.39, 0.29) is 6.42 Å². The Kier molecular flexibility index (Phi) is 8.14. The Morgan fingerprint density at radius 2 is 1.88 bits per heavy atom. The van der Waals surface area contributed by atoms with Crippen molar-refractivity contribution in [3.63, 3.8) is 0 Å². The fourth-order valence-corrected chi connectivity index (χ4v) is 1.31. The zero-order valence-electron chi connectivity index (χ0n) is 9.35. The van der Waals surface area contributed by atoms with E-state index >= 15 is 0 Å². The van der Waals surface area contributed by atoms with Crippen molar-refractivity contribution in [1.29, 1.82) is 0 Å². The van der Waals surface area contributed by atoms with Crippen LogP contribution in [0.3, 0.4) is 0 Å². The highest BCUT2D eigenvalue weighted by Crippen LogP contribution is 2.00. The Morgan fingerprint density at radius 3 is 2.44 bits per heavy atom. The van der Waals surface area contributed by atoms with E-state index in [4.69, 9.17) is 9.29 Å². The van der Waals surface area contributed by atoms with Gasteiger partial charge in [0.2, 0.25) is 0 Å². The van der Waals surface area contributed by atoms with E-state index in [0.717, 1.165) is 25.7 Å². The predicted octanol–water partition coefficient (Wildman–Crippen LogP) is 1.32. The van der Waals surface area contributed by atoms with Crippen LogP contribution in [0.2, 0.25) is 0 Å². The van der Waals surface area contributed by atoms with Crippen LogP contribution in [0.5, 0.6) is 0 Å². The Hall–Kier alpha value is -0.660. The quantitative estimate of drug-likeness (QED) is 0.379. The maximum atomic E-state index is 11.0. The lowest BCUT2D eigenvalue weighted by atomic mass is 10.2. The van der Waals surface area contributed by atoms with Gasteiger partial charge in [-0.25, -0.2) is 4.18 Å². The number of carbonyl (C=O) groups excluding carboxylic acids is 1. The Labute approximate surface area is 95.9 Å². The first-order valence-corrected chi connectivity index (χ1v) is 6.59. The first-order chi connectivity index (χ1) is 7.45. The van der Waals surface area contributed by atoms with Gasteiger partial charge in [-0.05, 0) is 6.42 Å². The van der Waals surface area contributed by atoms with E-state index < -0.39 is 23.0 Å². The van der Waals surface area contributed by atoms with Gasteiger partial charge in [0.15, 0.2) is 0 Å². The minimum Gasteiger partial charge on any atom is -0.466 e. The Morgan fingerprint density at radius 1 is 1.19 bits per heavy atom. The van der Waals surface area contributed by atoms with Crippen molar-refractivity contribution in [2.24, 2.45) is 0 Å². The van der Waals surface area contributed by atoms with Crippen molar-refractivity contribution in [3.05, 3.63) is 0 Å². The van der Waals surface area contributed by atoms with Crippen molar-refractivity contribution in [1.82, 2.24) is 0 Å². The van der Waals surface area contributed by atoms with Gasteiger partial charge < -0.3 is 4.74 Å². The first kappa shape index (κ1) is 15.3. The molecule has 0 aromatic carbocycles. The molecule has 0 aliphatic rings. The van der Waals surface area contributed by atoms with Crippen molar-refractivity contribution in [2.45, 2.75) is 39.0 Å². The molecule has 6 nitrogen and oxygen atoms in total. The van der Waals surface area contributed by atoms with E-state index in [1.165, 1.54) is 0 Å².